The van der Waals surface area contributed by atoms with Gasteiger partial charge in [-0.1, -0.05) is 5.16 Å². The predicted octanol–water partition coefficient (Wildman–Crippen LogP) is 0.145. The topological polar surface area (TPSA) is 71.2 Å². The van der Waals surface area contributed by atoms with Crippen molar-refractivity contribution >= 4 is 0 Å². The molecule has 0 bridgehead atoms. The van der Waals surface area contributed by atoms with Gasteiger partial charge in [-0.15, -0.1) is 0 Å². The van der Waals surface area contributed by atoms with Gasteiger partial charge < -0.3 is 14.9 Å². The quantitative estimate of drug-likeness (QED) is 0.741. The van der Waals surface area contributed by atoms with Crippen LogP contribution in [0.4, 0.5) is 0 Å². The summed E-state index contributed by atoms with van der Waals surface area (Å²) in [5.74, 6) is 1.91. The highest BCUT2D eigenvalue weighted by atomic mass is 16.5. The van der Waals surface area contributed by atoms with Crippen LogP contribution in [0.5, 0.6) is 0 Å². The lowest BCUT2D eigenvalue weighted by Crippen LogP contribution is -2.11. The van der Waals surface area contributed by atoms with Crippen molar-refractivity contribution in [2.45, 2.75) is 32.3 Å². The van der Waals surface area contributed by atoms with Crippen molar-refractivity contribution in [1.29, 1.82) is 0 Å². The van der Waals surface area contributed by atoms with Gasteiger partial charge in [0.2, 0.25) is 5.89 Å². The van der Waals surface area contributed by atoms with Crippen molar-refractivity contribution in [2.75, 3.05) is 13.1 Å². The Hall–Kier alpha value is -0.940. The van der Waals surface area contributed by atoms with Crippen LogP contribution in [0.3, 0.4) is 0 Å². The average Bonchev–Trinajstić information content (AvgIpc) is 2.77. The van der Waals surface area contributed by atoms with Crippen molar-refractivity contribution in [1.82, 2.24) is 15.5 Å². The molecular weight excluding hydrogens is 194 g/mol. The molecule has 0 amide bonds. The summed E-state index contributed by atoms with van der Waals surface area (Å²) in [4.78, 5) is 4.25. The van der Waals surface area contributed by atoms with Gasteiger partial charge in [-0.05, 0) is 32.4 Å². The summed E-state index contributed by atoms with van der Waals surface area (Å²) in [5.41, 5.74) is 0. The molecule has 1 aromatic rings. The third-order valence-corrected chi connectivity index (χ3v) is 2.61. The molecule has 1 saturated heterocycles. The van der Waals surface area contributed by atoms with Crippen molar-refractivity contribution in [3.63, 3.8) is 0 Å². The molecule has 2 N–H and O–H groups in total. The minimum absolute atomic E-state index is 0.413. The van der Waals surface area contributed by atoms with Crippen LogP contribution in [0.15, 0.2) is 4.52 Å². The maximum absolute atomic E-state index is 9.17. The van der Waals surface area contributed by atoms with Gasteiger partial charge in [-0.25, -0.2) is 0 Å². The number of hydrogen-bond donors (Lipinski definition) is 2. The molecule has 0 aliphatic carbocycles. The molecule has 1 aliphatic heterocycles. The zero-order valence-corrected chi connectivity index (χ0v) is 8.94. The van der Waals surface area contributed by atoms with Gasteiger partial charge >= 0.3 is 0 Å². The van der Waals surface area contributed by atoms with Crippen molar-refractivity contribution < 1.29 is 9.63 Å². The van der Waals surface area contributed by atoms with Crippen molar-refractivity contribution in [2.24, 2.45) is 5.92 Å². The highest BCUT2D eigenvalue weighted by molar-refractivity contribution is 4.90. The maximum Gasteiger partial charge on any atom is 0.226 e. The molecule has 0 saturated carbocycles. The van der Waals surface area contributed by atoms with E-state index < -0.39 is 6.10 Å². The number of nitrogens with one attached hydrogen (secondary N) is 1. The van der Waals surface area contributed by atoms with Crippen LogP contribution in [-0.2, 0) is 12.8 Å². The van der Waals surface area contributed by atoms with E-state index >= 15 is 0 Å². The highest BCUT2D eigenvalue weighted by Gasteiger charge is 2.18. The molecule has 0 spiro atoms. The Labute approximate surface area is 88.9 Å². The number of hydrogen-bond acceptors (Lipinski definition) is 5. The monoisotopic (exact) mass is 211 g/mol. The highest BCUT2D eigenvalue weighted by Crippen LogP contribution is 2.14. The van der Waals surface area contributed by atoms with E-state index in [9.17, 15) is 0 Å². The van der Waals surface area contributed by atoms with E-state index in [0.29, 0.717) is 24.1 Å². The van der Waals surface area contributed by atoms with Gasteiger partial charge in [0, 0.05) is 12.8 Å². The number of aromatic nitrogens is 2. The minimum Gasteiger partial charge on any atom is -0.393 e. The smallest absolute Gasteiger partial charge is 0.226 e. The molecule has 2 heterocycles. The van der Waals surface area contributed by atoms with Crippen LogP contribution in [0.25, 0.3) is 0 Å². The third kappa shape index (κ3) is 3.00. The summed E-state index contributed by atoms with van der Waals surface area (Å²) in [6, 6.07) is 0. The lowest BCUT2D eigenvalue weighted by molar-refractivity contribution is 0.191. The standard InChI is InChI=1S/C10H17N3O2/c1-7(14)4-9-12-10(15-13-9)5-8-2-3-11-6-8/h7-8,11,14H,2-6H2,1H3. The normalized spacial score (nSPS) is 23.2. The van der Waals surface area contributed by atoms with E-state index in [4.69, 9.17) is 9.63 Å². The molecule has 2 rings (SSSR count). The molecule has 1 aromatic heterocycles. The number of nitrogens with zero attached hydrogens (tertiary/aromatic N) is 2. The SMILES string of the molecule is CC(O)Cc1noc(CC2CCNC2)n1. The number of rotatable bonds is 4. The zero-order chi connectivity index (χ0) is 10.7. The van der Waals surface area contributed by atoms with Crippen LogP contribution >= 0.6 is 0 Å². The van der Waals surface area contributed by atoms with Crippen LogP contribution in [-0.4, -0.2) is 34.4 Å². The van der Waals surface area contributed by atoms with E-state index in [1.54, 1.807) is 6.92 Å². The molecule has 0 aromatic carbocycles. The van der Waals surface area contributed by atoms with Gasteiger partial charge in [-0.2, -0.15) is 4.98 Å². The third-order valence-electron chi connectivity index (χ3n) is 2.61. The van der Waals surface area contributed by atoms with E-state index in [2.05, 4.69) is 15.5 Å². The Morgan fingerprint density at radius 1 is 1.67 bits per heavy atom. The molecule has 15 heavy (non-hydrogen) atoms. The lowest BCUT2D eigenvalue weighted by Gasteiger charge is -2.01. The molecule has 1 aliphatic rings. The number of aliphatic hydroxyl groups is 1. The maximum atomic E-state index is 9.17. The van der Waals surface area contributed by atoms with Gasteiger partial charge in [-0.3, -0.25) is 0 Å². The summed E-state index contributed by atoms with van der Waals surface area (Å²) in [6.45, 7) is 3.84. The minimum atomic E-state index is -0.413. The van der Waals surface area contributed by atoms with Crippen molar-refractivity contribution in [3.8, 4) is 0 Å². The van der Waals surface area contributed by atoms with E-state index in [-0.39, 0.29) is 0 Å². The zero-order valence-electron chi connectivity index (χ0n) is 8.94. The fourth-order valence-electron chi connectivity index (χ4n) is 1.86. The van der Waals surface area contributed by atoms with Crippen LogP contribution in [0.2, 0.25) is 0 Å². The second kappa shape index (κ2) is 4.72. The summed E-state index contributed by atoms with van der Waals surface area (Å²) >= 11 is 0. The van der Waals surface area contributed by atoms with E-state index in [1.165, 1.54) is 6.42 Å². The van der Waals surface area contributed by atoms with Gasteiger partial charge in [0.25, 0.3) is 0 Å². The molecule has 2 unspecified atom stereocenters. The molecule has 2 atom stereocenters. The van der Waals surface area contributed by atoms with Crippen LogP contribution in [0, 0.1) is 5.92 Å². The summed E-state index contributed by atoms with van der Waals surface area (Å²) in [5, 5.41) is 16.3. The first kappa shape index (κ1) is 10.6. The van der Waals surface area contributed by atoms with E-state index in [1.807, 2.05) is 0 Å². The molecule has 84 valence electrons. The summed E-state index contributed by atoms with van der Waals surface area (Å²) in [7, 11) is 0. The van der Waals surface area contributed by atoms with E-state index in [0.717, 1.165) is 19.5 Å². The second-order valence-corrected chi connectivity index (χ2v) is 4.22. The Bertz CT molecular complexity index is 305. The van der Waals surface area contributed by atoms with Crippen molar-refractivity contribution in [3.05, 3.63) is 11.7 Å². The Morgan fingerprint density at radius 3 is 3.20 bits per heavy atom. The van der Waals surface area contributed by atoms with Gasteiger partial charge in [0.1, 0.15) is 0 Å². The fourth-order valence-corrected chi connectivity index (χ4v) is 1.86. The van der Waals surface area contributed by atoms with Crippen LogP contribution in [0.1, 0.15) is 25.1 Å². The first-order valence-electron chi connectivity index (χ1n) is 5.44. The fraction of sp³-hybridized carbons (Fsp3) is 0.800. The van der Waals surface area contributed by atoms with Crippen LogP contribution < -0.4 is 5.32 Å². The molecule has 1 fully saturated rings. The Morgan fingerprint density at radius 2 is 2.53 bits per heavy atom. The largest absolute Gasteiger partial charge is 0.393 e. The first-order chi connectivity index (χ1) is 7.24. The van der Waals surface area contributed by atoms with Gasteiger partial charge in [0.15, 0.2) is 5.82 Å². The summed E-state index contributed by atoms with van der Waals surface area (Å²) in [6.07, 6.45) is 2.07. The molecule has 0 radical (unpaired) electrons. The molecule has 5 nitrogen and oxygen atoms in total. The lowest BCUT2D eigenvalue weighted by atomic mass is 10.1. The average molecular weight is 211 g/mol. The summed E-state index contributed by atoms with van der Waals surface area (Å²) < 4.78 is 5.13. The predicted molar refractivity (Wildman–Crippen MR) is 54.4 cm³/mol. The molecular formula is C10H17N3O2. The number of aliphatic hydroxyl groups excluding tert-OH is 1. The second-order valence-electron chi connectivity index (χ2n) is 4.22. The molecule has 5 heteroatoms. The Kier molecular flexibility index (Phi) is 3.33. The Balaban J connectivity index is 1.88. The van der Waals surface area contributed by atoms with Gasteiger partial charge in [0.05, 0.1) is 6.10 Å². The first-order valence-corrected chi connectivity index (χ1v) is 5.44.